The van der Waals surface area contributed by atoms with E-state index in [-0.39, 0.29) is 11.6 Å². The van der Waals surface area contributed by atoms with Gasteiger partial charge in [-0.2, -0.15) is 0 Å². The summed E-state index contributed by atoms with van der Waals surface area (Å²) in [5.41, 5.74) is 7.32. The number of hydrogen-bond donors (Lipinski definition) is 1. The van der Waals surface area contributed by atoms with E-state index in [1.807, 2.05) is 11.6 Å². The molecule has 1 aliphatic carbocycles. The van der Waals surface area contributed by atoms with Crippen LogP contribution >= 0.6 is 11.3 Å². The van der Waals surface area contributed by atoms with Crippen molar-refractivity contribution in [2.75, 3.05) is 7.11 Å². The van der Waals surface area contributed by atoms with E-state index in [0.717, 1.165) is 29.9 Å². The molecule has 0 bridgehead atoms. The average Bonchev–Trinajstić information content (AvgIpc) is 3.03. The molecule has 1 aliphatic rings. The van der Waals surface area contributed by atoms with Crippen LogP contribution in [0.1, 0.15) is 31.4 Å². The number of imidazole rings is 1. The second-order valence-corrected chi connectivity index (χ2v) is 5.98. The highest BCUT2D eigenvalue weighted by atomic mass is 32.1. The average molecular weight is 265 g/mol. The summed E-state index contributed by atoms with van der Waals surface area (Å²) in [4.78, 5) is 5.63. The number of fused-ring (bicyclic) bond motifs is 1. The Balaban J connectivity index is 1.77. The fraction of sp³-hybridized carbons (Fsp3) is 0.615. The maximum absolute atomic E-state index is 6.38. The number of nitrogens with two attached hydrogens (primary N) is 1. The first kappa shape index (κ1) is 12.1. The number of nitrogens with zero attached hydrogens (tertiary/aromatic N) is 2. The molecule has 0 spiro atoms. The molecule has 1 atom stereocenters. The molecular weight excluding hydrogens is 246 g/mol. The second kappa shape index (κ2) is 4.64. The molecule has 0 amide bonds. The van der Waals surface area contributed by atoms with E-state index in [0.29, 0.717) is 0 Å². The summed E-state index contributed by atoms with van der Waals surface area (Å²) in [6.07, 6.45) is 9.50. The fourth-order valence-corrected chi connectivity index (χ4v) is 3.70. The minimum atomic E-state index is -0.128. The van der Waals surface area contributed by atoms with Gasteiger partial charge in [-0.3, -0.25) is 4.40 Å². The van der Waals surface area contributed by atoms with Crippen LogP contribution in [-0.4, -0.2) is 28.1 Å². The molecule has 98 valence electrons. The fourth-order valence-electron chi connectivity index (χ4n) is 2.99. The molecular formula is C13H19N3OS. The molecule has 18 heavy (non-hydrogen) atoms. The highest BCUT2D eigenvalue weighted by molar-refractivity contribution is 7.15. The molecule has 0 radical (unpaired) electrons. The van der Waals surface area contributed by atoms with Gasteiger partial charge in [0.2, 0.25) is 0 Å². The van der Waals surface area contributed by atoms with Gasteiger partial charge in [0.05, 0.1) is 11.3 Å². The molecule has 0 aromatic carbocycles. The van der Waals surface area contributed by atoms with Crippen molar-refractivity contribution in [2.24, 2.45) is 5.73 Å². The number of thiazole rings is 1. The zero-order valence-corrected chi connectivity index (χ0v) is 11.4. The van der Waals surface area contributed by atoms with Gasteiger partial charge in [0.25, 0.3) is 0 Å². The lowest BCUT2D eigenvalue weighted by atomic mass is 9.89. The second-order valence-electron chi connectivity index (χ2n) is 5.11. The van der Waals surface area contributed by atoms with Gasteiger partial charge in [0.1, 0.15) is 0 Å². The van der Waals surface area contributed by atoms with Crippen molar-refractivity contribution in [2.45, 2.75) is 43.7 Å². The summed E-state index contributed by atoms with van der Waals surface area (Å²) >= 11 is 1.65. The standard InChI is InChI=1S/C13H19N3OS/c1-17-13(4-2-3-5-13)11(14)8-10-9-16-6-7-18-12(16)15-10/h6-7,9,11H,2-5,8,14H2,1H3. The van der Waals surface area contributed by atoms with Crippen LogP contribution in [0.5, 0.6) is 0 Å². The Kier molecular flexibility index (Phi) is 3.13. The van der Waals surface area contributed by atoms with Gasteiger partial charge in [-0.15, -0.1) is 11.3 Å². The zero-order chi connectivity index (χ0) is 12.6. The highest BCUT2D eigenvalue weighted by Gasteiger charge is 2.39. The Morgan fingerprint density at radius 2 is 2.33 bits per heavy atom. The van der Waals surface area contributed by atoms with E-state index in [1.165, 1.54) is 12.8 Å². The normalized spacial score (nSPS) is 20.6. The first-order valence-electron chi connectivity index (χ1n) is 6.45. The maximum atomic E-state index is 6.38. The van der Waals surface area contributed by atoms with Gasteiger partial charge in [-0.1, -0.05) is 12.8 Å². The van der Waals surface area contributed by atoms with E-state index >= 15 is 0 Å². The zero-order valence-electron chi connectivity index (χ0n) is 10.6. The molecule has 5 heteroatoms. The predicted molar refractivity (Wildman–Crippen MR) is 73.0 cm³/mol. The van der Waals surface area contributed by atoms with Crippen LogP contribution in [0, 0.1) is 0 Å². The van der Waals surface area contributed by atoms with E-state index in [9.17, 15) is 0 Å². The summed E-state index contributed by atoms with van der Waals surface area (Å²) < 4.78 is 7.79. The van der Waals surface area contributed by atoms with Crippen molar-refractivity contribution < 1.29 is 4.74 Å². The maximum Gasteiger partial charge on any atom is 0.193 e. The molecule has 2 aromatic heterocycles. The topological polar surface area (TPSA) is 52.5 Å². The Labute approximate surface area is 111 Å². The van der Waals surface area contributed by atoms with Crippen molar-refractivity contribution in [1.82, 2.24) is 9.38 Å². The van der Waals surface area contributed by atoms with Crippen LogP contribution < -0.4 is 5.73 Å². The largest absolute Gasteiger partial charge is 0.377 e. The molecule has 3 rings (SSSR count). The Hall–Kier alpha value is -0.910. The Morgan fingerprint density at radius 1 is 1.56 bits per heavy atom. The van der Waals surface area contributed by atoms with Crippen LogP contribution in [0.2, 0.25) is 0 Å². The van der Waals surface area contributed by atoms with Crippen LogP contribution in [-0.2, 0) is 11.2 Å². The third kappa shape index (κ3) is 1.96. The number of ether oxygens (including phenoxy) is 1. The van der Waals surface area contributed by atoms with Crippen molar-refractivity contribution >= 4 is 16.3 Å². The van der Waals surface area contributed by atoms with Crippen molar-refractivity contribution in [3.63, 3.8) is 0 Å². The lowest BCUT2D eigenvalue weighted by Gasteiger charge is -2.33. The van der Waals surface area contributed by atoms with Crippen LogP contribution in [0.25, 0.3) is 4.96 Å². The third-order valence-corrected chi connectivity index (χ3v) is 4.88. The first-order chi connectivity index (χ1) is 8.73. The van der Waals surface area contributed by atoms with Gasteiger partial charge < -0.3 is 10.5 Å². The first-order valence-corrected chi connectivity index (χ1v) is 7.33. The highest BCUT2D eigenvalue weighted by Crippen LogP contribution is 2.35. The number of methoxy groups -OCH3 is 1. The summed E-state index contributed by atoms with van der Waals surface area (Å²) in [6.45, 7) is 0. The van der Waals surface area contributed by atoms with Crippen molar-refractivity contribution in [3.8, 4) is 0 Å². The Morgan fingerprint density at radius 3 is 3.00 bits per heavy atom. The van der Waals surface area contributed by atoms with Gasteiger partial charge in [0, 0.05) is 37.3 Å². The number of hydrogen-bond acceptors (Lipinski definition) is 4. The van der Waals surface area contributed by atoms with Crippen LogP contribution in [0.3, 0.4) is 0 Å². The lowest BCUT2D eigenvalue weighted by molar-refractivity contribution is -0.0255. The quantitative estimate of drug-likeness (QED) is 0.922. The van der Waals surface area contributed by atoms with Crippen molar-refractivity contribution in [1.29, 1.82) is 0 Å². The van der Waals surface area contributed by atoms with E-state index < -0.39 is 0 Å². The SMILES string of the molecule is COC1(C(N)Cc2cn3ccsc3n2)CCCC1. The lowest BCUT2D eigenvalue weighted by Crippen LogP contribution is -2.48. The molecule has 0 aliphatic heterocycles. The minimum absolute atomic E-state index is 0.0367. The van der Waals surface area contributed by atoms with E-state index in [2.05, 4.69) is 15.6 Å². The number of aromatic nitrogens is 2. The molecule has 2 aromatic rings. The third-order valence-electron chi connectivity index (χ3n) is 4.10. The monoisotopic (exact) mass is 265 g/mol. The summed E-state index contributed by atoms with van der Waals surface area (Å²) in [7, 11) is 1.79. The van der Waals surface area contributed by atoms with Gasteiger partial charge in [-0.05, 0) is 12.8 Å². The summed E-state index contributed by atoms with van der Waals surface area (Å²) in [5.74, 6) is 0. The molecule has 1 unspecified atom stereocenters. The summed E-state index contributed by atoms with van der Waals surface area (Å²) in [6, 6.07) is 0.0367. The number of rotatable bonds is 4. The predicted octanol–water partition coefficient (Wildman–Crippen LogP) is 2.22. The van der Waals surface area contributed by atoms with Gasteiger partial charge in [0.15, 0.2) is 4.96 Å². The van der Waals surface area contributed by atoms with Gasteiger partial charge in [-0.25, -0.2) is 4.98 Å². The summed E-state index contributed by atoms with van der Waals surface area (Å²) in [5, 5.41) is 2.04. The Bertz CT molecular complexity index is 499. The van der Waals surface area contributed by atoms with Crippen LogP contribution in [0.15, 0.2) is 17.8 Å². The van der Waals surface area contributed by atoms with E-state index in [1.54, 1.807) is 18.4 Å². The smallest absolute Gasteiger partial charge is 0.193 e. The minimum Gasteiger partial charge on any atom is -0.377 e. The molecule has 2 N–H and O–H groups in total. The molecule has 1 fully saturated rings. The van der Waals surface area contributed by atoms with E-state index in [4.69, 9.17) is 10.5 Å². The van der Waals surface area contributed by atoms with Crippen LogP contribution in [0.4, 0.5) is 0 Å². The molecule has 0 saturated heterocycles. The van der Waals surface area contributed by atoms with Crippen molar-refractivity contribution in [3.05, 3.63) is 23.5 Å². The molecule has 1 saturated carbocycles. The molecule has 4 nitrogen and oxygen atoms in total. The molecule has 2 heterocycles. The van der Waals surface area contributed by atoms with Gasteiger partial charge >= 0.3 is 0 Å².